The summed E-state index contributed by atoms with van der Waals surface area (Å²) < 4.78 is 4.90. The number of aliphatic hydroxyl groups excluding tert-OH is 1. The highest BCUT2D eigenvalue weighted by Gasteiger charge is 2.70. The molecule has 2 heterocycles. The molecule has 2 fully saturated rings. The molecule has 5 heteroatoms. The molecule has 2 aliphatic rings. The third kappa shape index (κ3) is 1.07. The van der Waals surface area contributed by atoms with E-state index < -0.39 is 29.6 Å². The SMILES string of the molecule is C=CC[C@H](O)[C@]12NC(=O)[C@H](C)[C@@H]1OC2=O. The van der Waals surface area contributed by atoms with Gasteiger partial charge < -0.3 is 15.2 Å². The molecule has 2 aliphatic heterocycles. The zero-order chi connectivity index (χ0) is 11.2. The Balaban J connectivity index is 2.29. The number of amides is 1. The second kappa shape index (κ2) is 3.06. The highest BCUT2D eigenvalue weighted by atomic mass is 16.6. The molecule has 15 heavy (non-hydrogen) atoms. The monoisotopic (exact) mass is 211 g/mol. The predicted molar refractivity (Wildman–Crippen MR) is 50.7 cm³/mol. The molecule has 2 rings (SSSR count). The number of esters is 1. The van der Waals surface area contributed by atoms with E-state index in [-0.39, 0.29) is 12.3 Å². The maximum absolute atomic E-state index is 11.4. The van der Waals surface area contributed by atoms with E-state index in [9.17, 15) is 14.7 Å². The highest BCUT2D eigenvalue weighted by molar-refractivity contribution is 5.99. The Kier molecular flexibility index (Phi) is 2.08. The van der Waals surface area contributed by atoms with Crippen molar-refractivity contribution < 1.29 is 19.4 Å². The third-order valence-corrected chi connectivity index (χ3v) is 3.13. The van der Waals surface area contributed by atoms with Gasteiger partial charge in [-0.05, 0) is 13.3 Å². The van der Waals surface area contributed by atoms with Crippen molar-refractivity contribution in [2.45, 2.75) is 31.1 Å². The van der Waals surface area contributed by atoms with Crippen LogP contribution in [0.15, 0.2) is 12.7 Å². The van der Waals surface area contributed by atoms with Crippen LogP contribution in [-0.2, 0) is 14.3 Å². The van der Waals surface area contributed by atoms with E-state index >= 15 is 0 Å². The molecule has 4 atom stereocenters. The molecule has 5 nitrogen and oxygen atoms in total. The fourth-order valence-corrected chi connectivity index (χ4v) is 2.19. The molecule has 0 unspecified atom stereocenters. The first-order chi connectivity index (χ1) is 7.04. The van der Waals surface area contributed by atoms with Crippen molar-refractivity contribution in [1.29, 1.82) is 0 Å². The second-order valence-electron chi connectivity index (χ2n) is 4.01. The first-order valence-electron chi connectivity index (χ1n) is 4.86. The van der Waals surface area contributed by atoms with E-state index in [4.69, 9.17) is 4.74 Å². The van der Waals surface area contributed by atoms with Crippen molar-refractivity contribution in [2.75, 3.05) is 0 Å². The molecular weight excluding hydrogens is 198 g/mol. The number of ether oxygens (including phenoxy) is 1. The standard InChI is InChI=1S/C10H13NO4/c1-3-4-6(12)10-7(15-9(10)14)5(2)8(13)11-10/h3,5-7,12H,1,4H2,2H3,(H,11,13)/t5-,6+,7+,10+/m1/s1. The second-order valence-corrected chi connectivity index (χ2v) is 4.01. The van der Waals surface area contributed by atoms with Gasteiger partial charge in [-0.1, -0.05) is 6.08 Å². The average Bonchev–Trinajstić information content (AvgIpc) is 2.39. The van der Waals surface area contributed by atoms with Gasteiger partial charge in [0.2, 0.25) is 11.4 Å². The summed E-state index contributed by atoms with van der Waals surface area (Å²) in [4.78, 5) is 22.8. The Hall–Kier alpha value is -1.36. The molecular formula is C10H13NO4. The molecule has 0 aromatic carbocycles. The lowest BCUT2D eigenvalue weighted by Gasteiger charge is -2.44. The number of aliphatic hydroxyl groups is 1. The summed E-state index contributed by atoms with van der Waals surface area (Å²) in [5.74, 6) is -1.21. The normalized spacial score (nSPS) is 39.9. The van der Waals surface area contributed by atoms with Crippen LogP contribution >= 0.6 is 0 Å². The number of carbonyl (C=O) groups is 2. The van der Waals surface area contributed by atoms with Crippen LogP contribution in [0.25, 0.3) is 0 Å². The van der Waals surface area contributed by atoms with Gasteiger partial charge in [0.1, 0.15) is 6.10 Å². The zero-order valence-electron chi connectivity index (χ0n) is 8.40. The van der Waals surface area contributed by atoms with Crippen LogP contribution in [0, 0.1) is 5.92 Å². The third-order valence-electron chi connectivity index (χ3n) is 3.13. The minimum absolute atomic E-state index is 0.249. The summed E-state index contributed by atoms with van der Waals surface area (Å²) in [6, 6.07) is 0. The molecule has 2 N–H and O–H groups in total. The quantitative estimate of drug-likeness (QED) is 0.480. The lowest BCUT2D eigenvalue weighted by atomic mass is 9.79. The van der Waals surface area contributed by atoms with Gasteiger partial charge in [0.25, 0.3) is 0 Å². The number of fused-ring (bicyclic) bond motifs is 1. The Morgan fingerprint density at radius 2 is 2.40 bits per heavy atom. The number of carbonyl (C=O) groups excluding carboxylic acids is 2. The van der Waals surface area contributed by atoms with E-state index in [2.05, 4.69) is 11.9 Å². The van der Waals surface area contributed by atoms with Crippen molar-refractivity contribution in [3.8, 4) is 0 Å². The Morgan fingerprint density at radius 1 is 1.73 bits per heavy atom. The first-order valence-corrected chi connectivity index (χ1v) is 4.86. The van der Waals surface area contributed by atoms with Crippen LogP contribution in [0.4, 0.5) is 0 Å². The van der Waals surface area contributed by atoms with Crippen LogP contribution < -0.4 is 5.32 Å². The van der Waals surface area contributed by atoms with Gasteiger partial charge in [0, 0.05) is 0 Å². The number of rotatable bonds is 3. The summed E-state index contributed by atoms with van der Waals surface area (Å²) in [6.45, 7) is 5.17. The molecule has 82 valence electrons. The van der Waals surface area contributed by atoms with E-state index in [0.717, 1.165) is 0 Å². The summed E-state index contributed by atoms with van der Waals surface area (Å²) in [7, 11) is 0. The molecule has 1 amide bonds. The Bertz CT molecular complexity index is 340. The summed E-state index contributed by atoms with van der Waals surface area (Å²) in [6.07, 6.45) is 0.248. The molecule has 2 saturated heterocycles. The lowest BCUT2D eigenvalue weighted by Crippen LogP contribution is -2.72. The minimum atomic E-state index is -1.23. The number of hydrogen-bond acceptors (Lipinski definition) is 4. The number of nitrogens with one attached hydrogen (secondary N) is 1. The van der Waals surface area contributed by atoms with E-state index in [0.29, 0.717) is 0 Å². The molecule has 0 spiro atoms. The summed E-state index contributed by atoms with van der Waals surface area (Å²) in [5, 5.41) is 12.4. The van der Waals surface area contributed by atoms with E-state index in [1.54, 1.807) is 6.92 Å². The molecule has 0 aromatic rings. The molecule has 0 aliphatic carbocycles. The highest BCUT2D eigenvalue weighted by Crippen LogP contribution is 2.41. The molecule has 0 aromatic heterocycles. The smallest absolute Gasteiger partial charge is 0.338 e. The van der Waals surface area contributed by atoms with Crippen molar-refractivity contribution in [3.63, 3.8) is 0 Å². The van der Waals surface area contributed by atoms with Gasteiger partial charge in [0.05, 0.1) is 12.0 Å². The van der Waals surface area contributed by atoms with Crippen molar-refractivity contribution in [2.24, 2.45) is 5.92 Å². The van der Waals surface area contributed by atoms with Gasteiger partial charge >= 0.3 is 5.97 Å². The van der Waals surface area contributed by atoms with Gasteiger partial charge in [-0.3, -0.25) is 4.79 Å². The van der Waals surface area contributed by atoms with Gasteiger partial charge in [-0.2, -0.15) is 0 Å². The zero-order valence-corrected chi connectivity index (χ0v) is 8.40. The number of hydrogen-bond donors (Lipinski definition) is 2. The van der Waals surface area contributed by atoms with Crippen LogP contribution in [0.5, 0.6) is 0 Å². The van der Waals surface area contributed by atoms with Crippen LogP contribution in [0.2, 0.25) is 0 Å². The fraction of sp³-hybridized carbons (Fsp3) is 0.600. The maximum atomic E-state index is 11.4. The van der Waals surface area contributed by atoms with Crippen molar-refractivity contribution in [3.05, 3.63) is 12.7 Å². The molecule has 0 bridgehead atoms. The van der Waals surface area contributed by atoms with Gasteiger partial charge in [-0.25, -0.2) is 4.79 Å². The average molecular weight is 211 g/mol. The topological polar surface area (TPSA) is 75.6 Å². The van der Waals surface area contributed by atoms with Gasteiger partial charge in [0.15, 0.2) is 0 Å². The minimum Gasteiger partial charge on any atom is -0.456 e. The molecule has 0 radical (unpaired) electrons. The van der Waals surface area contributed by atoms with E-state index in [1.807, 2.05) is 0 Å². The van der Waals surface area contributed by atoms with Crippen LogP contribution in [0.1, 0.15) is 13.3 Å². The maximum Gasteiger partial charge on any atom is 0.338 e. The first kappa shape index (κ1) is 10.2. The Morgan fingerprint density at radius 3 is 2.87 bits per heavy atom. The Labute approximate surface area is 87.1 Å². The van der Waals surface area contributed by atoms with Gasteiger partial charge in [-0.15, -0.1) is 6.58 Å². The van der Waals surface area contributed by atoms with Crippen molar-refractivity contribution >= 4 is 11.9 Å². The van der Waals surface area contributed by atoms with Crippen LogP contribution in [0.3, 0.4) is 0 Å². The summed E-state index contributed by atoms with van der Waals surface area (Å²) >= 11 is 0. The largest absolute Gasteiger partial charge is 0.456 e. The fourth-order valence-electron chi connectivity index (χ4n) is 2.19. The predicted octanol–water partition coefficient (Wildman–Crippen LogP) is -0.647. The summed E-state index contributed by atoms with van der Waals surface area (Å²) in [5.41, 5.74) is -1.23. The van der Waals surface area contributed by atoms with E-state index in [1.165, 1.54) is 6.08 Å². The van der Waals surface area contributed by atoms with Crippen LogP contribution in [-0.4, -0.2) is 34.7 Å². The van der Waals surface area contributed by atoms with Crippen molar-refractivity contribution in [1.82, 2.24) is 5.32 Å². The molecule has 0 saturated carbocycles. The lowest BCUT2D eigenvalue weighted by molar-refractivity contribution is -0.203.